The number of hydrogen-bond acceptors (Lipinski definition) is 3. The number of carbonyl (C=O) groups is 2. The fourth-order valence-electron chi connectivity index (χ4n) is 2.06. The topological polar surface area (TPSA) is 78.9 Å². The first kappa shape index (κ1) is 14.2. The van der Waals surface area contributed by atoms with Gasteiger partial charge < -0.3 is 20.1 Å². The number of nitrogens with zero attached hydrogens (tertiary/aromatic N) is 1. The Kier molecular flexibility index (Phi) is 4.12. The zero-order valence-corrected chi connectivity index (χ0v) is 11.5. The highest BCUT2D eigenvalue weighted by Gasteiger charge is 2.18. The van der Waals surface area contributed by atoms with Crippen LogP contribution in [0.5, 0.6) is 5.75 Å². The highest BCUT2D eigenvalue weighted by molar-refractivity contribution is 5.89. The molecule has 0 aliphatic carbocycles. The van der Waals surface area contributed by atoms with Gasteiger partial charge in [0.25, 0.3) is 0 Å². The Morgan fingerprint density at radius 3 is 2.95 bits per heavy atom. The van der Waals surface area contributed by atoms with Crippen LogP contribution in [-0.2, 0) is 11.2 Å². The molecule has 1 aliphatic heterocycles. The number of amides is 2. The minimum absolute atomic E-state index is 0.162. The molecule has 0 saturated heterocycles. The first-order valence-corrected chi connectivity index (χ1v) is 6.48. The lowest BCUT2D eigenvalue weighted by atomic mass is 10.1. The van der Waals surface area contributed by atoms with E-state index in [0.29, 0.717) is 12.3 Å². The lowest BCUT2D eigenvalue weighted by molar-refractivity contribution is -0.141. The van der Waals surface area contributed by atoms with Gasteiger partial charge in [-0.3, -0.25) is 4.79 Å². The van der Waals surface area contributed by atoms with Crippen molar-refractivity contribution in [3.05, 3.63) is 23.8 Å². The highest BCUT2D eigenvalue weighted by atomic mass is 16.5. The Balaban J connectivity index is 1.95. The van der Waals surface area contributed by atoms with E-state index >= 15 is 0 Å². The zero-order chi connectivity index (χ0) is 14.7. The van der Waals surface area contributed by atoms with Gasteiger partial charge in [0.1, 0.15) is 5.75 Å². The fraction of sp³-hybridized carbons (Fsp3) is 0.429. The van der Waals surface area contributed by atoms with Gasteiger partial charge in [-0.2, -0.15) is 0 Å². The van der Waals surface area contributed by atoms with Crippen molar-refractivity contribution < 1.29 is 19.4 Å². The maximum atomic E-state index is 12.0. The average Bonchev–Trinajstić information content (AvgIpc) is 2.85. The van der Waals surface area contributed by atoms with E-state index in [1.807, 2.05) is 12.1 Å². The number of nitrogens with one attached hydrogen (secondary N) is 1. The predicted molar refractivity (Wildman–Crippen MR) is 74.1 cm³/mol. The molecule has 1 aromatic carbocycles. The van der Waals surface area contributed by atoms with E-state index < -0.39 is 11.9 Å². The first-order valence-electron chi connectivity index (χ1n) is 6.48. The number of benzene rings is 1. The van der Waals surface area contributed by atoms with Crippen molar-refractivity contribution in [2.75, 3.05) is 25.5 Å². The summed E-state index contributed by atoms with van der Waals surface area (Å²) in [5.74, 6) is -0.658. The van der Waals surface area contributed by atoms with Crippen LogP contribution in [0.15, 0.2) is 18.2 Å². The van der Waals surface area contributed by atoms with Gasteiger partial charge in [-0.15, -0.1) is 0 Å². The van der Waals surface area contributed by atoms with Gasteiger partial charge in [-0.05, 0) is 23.8 Å². The molecule has 108 valence electrons. The van der Waals surface area contributed by atoms with Crippen molar-refractivity contribution >= 4 is 17.7 Å². The third kappa shape index (κ3) is 3.20. The lowest BCUT2D eigenvalue weighted by Crippen LogP contribution is -2.36. The number of carboxylic acids is 1. The van der Waals surface area contributed by atoms with Crippen LogP contribution in [0.2, 0.25) is 0 Å². The van der Waals surface area contributed by atoms with Crippen molar-refractivity contribution in [2.45, 2.75) is 13.3 Å². The van der Waals surface area contributed by atoms with Crippen LogP contribution in [0, 0.1) is 5.92 Å². The monoisotopic (exact) mass is 278 g/mol. The molecular weight excluding hydrogens is 260 g/mol. The Labute approximate surface area is 117 Å². The predicted octanol–water partition coefficient (Wildman–Crippen LogP) is 1.81. The van der Waals surface area contributed by atoms with Gasteiger partial charge in [-0.1, -0.05) is 6.92 Å². The standard InChI is InChI=1S/C14H18N2O4/c1-9(13(17)18)8-16(2)14(19)15-11-3-4-12-10(7-11)5-6-20-12/h3-4,7,9H,5-6,8H2,1-2H3,(H,15,19)(H,17,18). The molecule has 2 N–H and O–H groups in total. The van der Waals surface area contributed by atoms with Gasteiger partial charge in [0.15, 0.2) is 0 Å². The van der Waals surface area contributed by atoms with E-state index in [9.17, 15) is 9.59 Å². The number of urea groups is 1. The number of rotatable bonds is 4. The van der Waals surface area contributed by atoms with Crippen LogP contribution in [0.3, 0.4) is 0 Å². The Morgan fingerprint density at radius 2 is 2.25 bits per heavy atom. The largest absolute Gasteiger partial charge is 0.493 e. The fourth-order valence-corrected chi connectivity index (χ4v) is 2.06. The van der Waals surface area contributed by atoms with Gasteiger partial charge in [0.2, 0.25) is 0 Å². The van der Waals surface area contributed by atoms with Crippen LogP contribution < -0.4 is 10.1 Å². The van der Waals surface area contributed by atoms with E-state index in [2.05, 4.69) is 5.32 Å². The van der Waals surface area contributed by atoms with E-state index in [1.165, 1.54) is 4.90 Å². The van der Waals surface area contributed by atoms with E-state index in [-0.39, 0.29) is 12.6 Å². The average molecular weight is 278 g/mol. The summed E-state index contributed by atoms with van der Waals surface area (Å²) in [6, 6.07) is 5.17. The second-order valence-corrected chi connectivity index (χ2v) is 4.97. The molecule has 6 heteroatoms. The third-order valence-electron chi connectivity index (χ3n) is 3.26. The molecule has 0 fully saturated rings. The highest BCUT2D eigenvalue weighted by Crippen LogP contribution is 2.27. The molecule has 2 amide bonds. The number of carbonyl (C=O) groups excluding carboxylic acids is 1. The summed E-state index contributed by atoms with van der Waals surface area (Å²) in [4.78, 5) is 24.1. The van der Waals surface area contributed by atoms with Crippen LogP contribution >= 0.6 is 0 Å². The lowest BCUT2D eigenvalue weighted by Gasteiger charge is -2.20. The van der Waals surface area contributed by atoms with Crippen LogP contribution in [-0.4, -0.2) is 42.2 Å². The minimum atomic E-state index is -0.917. The number of carboxylic acid groups (broad SMARTS) is 1. The van der Waals surface area contributed by atoms with Crippen molar-refractivity contribution in [3.63, 3.8) is 0 Å². The van der Waals surface area contributed by atoms with Crippen LogP contribution in [0.4, 0.5) is 10.5 Å². The minimum Gasteiger partial charge on any atom is -0.493 e. The molecule has 0 saturated carbocycles. The molecule has 0 radical (unpaired) electrons. The van der Waals surface area contributed by atoms with Gasteiger partial charge in [0, 0.05) is 25.7 Å². The van der Waals surface area contributed by atoms with Gasteiger partial charge in [0.05, 0.1) is 12.5 Å². The second-order valence-electron chi connectivity index (χ2n) is 4.97. The van der Waals surface area contributed by atoms with Crippen molar-refractivity contribution in [1.29, 1.82) is 0 Å². The normalized spacial score (nSPS) is 14.1. The number of hydrogen-bond donors (Lipinski definition) is 2. The molecule has 6 nitrogen and oxygen atoms in total. The van der Waals surface area contributed by atoms with Crippen molar-refractivity contribution in [1.82, 2.24) is 4.90 Å². The molecule has 1 atom stereocenters. The molecule has 0 spiro atoms. The molecule has 0 bridgehead atoms. The summed E-state index contributed by atoms with van der Waals surface area (Å²) in [7, 11) is 1.57. The molecule has 20 heavy (non-hydrogen) atoms. The number of ether oxygens (including phenoxy) is 1. The molecular formula is C14H18N2O4. The van der Waals surface area contributed by atoms with E-state index in [0.717, 1.165) is 17.7 Å². The van der Waals surface area contributed by atoms with Crippen molar-refractivity contribution in [3.8, 4) is 5.75 Å². The van der Waals surface area contributed by atoms with Gasteiger partial charge >= 0.3 is 12.0 Å². The Bertz CT molecular complexity index is 530. The summed E-state index contributed by atoms with van der Waals surface area (Å²) < 4.78 is 5.40. The van der Waals surface area contributed by atoms with E-state index in [1.54, 1.807) is 20.0 Å². The maximum absolute atomic E-state index is 12.0. The molecule has 1 heterocycles. The SMILES string of the molecule is CC(CN(C)C(=O)Nc1ccc2c(c1)CCO2)C(=O)O. The number of anilines is 1. The Morgan fingerprint density at radius 1 is 1.50 bits per heavy atom. The van der Waals surface area contributed by atoms with Gasteiger partial charge in [-0.25, -0.2) is 4.79 Å². The molecule has 1 unspecified atom stereocenters. The molecule has 1 aromatic rings. The second kappa shape index (κ2) is 5.81. The molecule has 1 aliphatic rings. The van der Waals surface area contributed by atoms with E-state index in [4.69, 9.17) is 9.84 Å². The summed E-state index contributed by atoms with van der Waals surface area (Å²) in [6.45, 7) is 2.40. The zero-order valence-electron chi connectivity index (χ0n) is 11.5. The molecule has 0 aromatic heterocycles. The quantitative estimate of drug-likeness (QED) is 0.880. The first-order chi connectivity index (χ1) is 9.47. The summed E-state index contributed by atoms with van der Waals surface area (Å²) >= 11 is 0. The van der Waals surface area contributed by atoms with Crippen LogP contribution in [0.25, 0.3) is 0 Å². The van der Waals surface area contributed by atoms with Crippen LogP contribution in [0.1, 0.15) is 12.5 Å². The summed E-state index contributed by atoms with van der Waals surface area (Å²) in [5, 5.41) is 11.6. The molecule has 2 rings (SSSR count). The smallest absolute Gasteiger partial charge is 0.321 e. The summed E-state index contributed by atoms with van der Waals surface area (Å²) in [6.07, 6.45) is 0.838. The van der Waals surface area contributed by atoms with Crippen molar-refractivity contribution in [2.24, 2.45) is 5.92 Å². The number of fused-ring (bicyclic) bond motifs is 1. The Hall–Kier alpha value is -2.24. The maximum Gasteiger partial charge on any atom is 0.321 e. The summed E-state index contributed by atoms with van der Waals surface area (Å²) in [5.41, 5.74) is 1.76. The number of aliphatic carboxylic acids is 1. The third-order valence-corrected chi connectivity index (χ3v) is 3.26.